The van der Waals surface area contributed by atoms with Crippen molar-refractivity contribution in [3.63, 3.8) is 0 Å². The van der Waals surface area contributed by atoms with Gasteiger partial charge in [0, 0.05) is 5.92 Å². The number of amides is 1. The van der Waals surface area contributed by atoms with Gasteiger partial charge < -0.3 is 10.1 Å². The standard InChI is InChI=1S/C10H15NO2/c12-10-11-5-9(13-10)8-4-6-1-2-7(8)3-6/h6-9H,1-5H2,(H,11,12). The van der Waals surface area contributed by atoms with Gasteiger partial charge in [-0.15, -0.1) is 0 Å². The smallest absolute Gasteiger partial charge is 0.407 e. The molecule has 4 atom stereocenters. The Hall–Kier alpha value is -0.730. The zero-order chi connectivity index (χ0) is 8.84. The number of hydrogen-bond acceptors (Lipinski definition) is 2. The molecule has 3 aliphatic rings. The summed E-state index contributed by atoms with van der Waals surface area (Å²) in [4.78, 5) is 10.9. The van der Waals surface area contributed by atoms with Crippen LogP contribution >= 0.6 is 0 Å². The summed E-state index contributed by atoms with van der Waals surface area (Å²) in [6, 6.07) is 0. The van der Waals surface area contributed by atoms with E-state index in [1.54, 1.807) is 0 Å². The molecule has 0 aromatic heterocycles. The van der Waals surface area contributed by atoms with Crippen LogP contribution in [0.1, 0.15) is 25.7 Å². The van der Waals surface area contributed by atoms with Gasteiger partial charge in [0.2, 0.25) is 0 Å². The summed E-state index contributed by atoms with van der Waals surface area (Å²) in [6.07, 6.45) is 5.43. The molecule has 72 valence electrons. The first-order valence-corrected chi connectivity index (χ1v) is 5.27. The average molecular weight is 181 g/mol. The number of cyclic esters (lactones) is 1. The zero-order valence-corrected chi connectivity index (χ0v) is 7.66. The fraction of sp³-hybridized carbons (Fsp3) is 0.900. The van der Waals surface area contributed by atoms with E-state index in [9.17, 15) is 4.79 Å². The fourth-order valence-electron chi connectivity index (χ4n) is 3.39. The lowest BCUT2D eigenvalue weighted by Crippen LogP contribution is -2.28. The summed E-state index contributed by atoms with van der Waals surface area (Å²) in [6.45, 7) is 0.743. The van der Waals surface area contributed by atoms with E-state index in [4.69, 9.17) is 4.74 Å². The van der Waals surface area contributed by atoms with Gasteiger partial charge in [0.1, 0.15) is 6.10 Å². The molecule has 3 fully saturated rings. The van der Waals surface area contributed by atoms with Crippen molar-refractivity contribution in [2.24, 2.45) is 17.8 Å². The molecule has 2 saturated carbocycles. The molecule has 1 saturated heterocycles. The van der Waals surface area contributed by atoms with Crippen LogP contribution in [-0.4, -0.2) is 18.7 Å². The van der Waals surface area contributed by atoms with E-state index in [1.807, 2.05) is 0 Å². The van der Waals surface area contributed by atoms with Crippen molar-refractivity contribution in [1.29, 1.82) is 0 Å². The van der Waals surface area contributed by atoms with Gasteiger partial charge in [0.05, 0.1) is 6.54 Å². The van der Waals surface area contributed by atoms with E-state index in [-0.39, 0.29) is 12.2 Å². The highest BCUT2D eigenvalue weighted by Crippen LogP contribution is 2.50. The molecular formula is C10H15NO2. The van der Waals surface area contributed by atoms with Gasteiger partial charge in [0.15, 0.2) is 0 Å². The predicted octanol–water partition coefficient (Wildman–Crippen LogP) is 1.53. The van der Waals surface area contributed by atoms with Gasteiger partial charge in [-0.05, 0) is 31.1 Å². The van der Waals surface area contributed by atoms with Crippen molar-refractivity contribution in [1.82, 2.24) is 5.32 Å². The SMILES string of the molecule is O=C1NCC(C2CC3CCC2C3)O1. The number of carbonyl (C=O) groups excluding carboxylic acids is 1. The number of ether oxygens (including phenoxy) is 1. The summed E-state index contributed by atoms with van der Waals surface area (Å²) in [7, 11) is 0. The Balaban J connectivity index is 1.69. The number of hydrogen-bond donors (Lipinski definition) is 1. The Morgan fingerprint density at radius 2 is 2.23 bits per heavy atom. The molecule has 13 heavy (non-hydrogen) atoms. The van der Waals surface area contributed by atoms with Gasteiger partial charge in [0.25, 0.3) is 0 Å². The minimum Gasteiger partial charge on any atom is -0.444 e. The highest BCUT2D eigenvalue weighted by molar-refractivity contribution is 5.69. The second-order valence-corrected chi connectivity index (χ2v) is 4.66. The van der Waals surface area contributed by atoms with Gasteiger partial charge in [-0.2, -0.15) is 0 Å². The lowest BCUT2D eigenvalue weighted by Gasteiger charge is -2.25. The van der Waals surface area contributed by atoms with Crippen molar-refractivity contribution < 1.29 is 9.53 Å². The van der Waals surface area contributed by atoms with Crippen LogP contribution in [0.25, 0.3) is 0 Å². The highest BCUT2D eigenvalue weighted by Gasteiger charge is 2.45. The fourth-order valence-corrected chi connectivity index (χ4v) is 3.39. The molecule has 3 rings (SSSR count). The maximum atomic E-state index is 10.9. The van der Waals surface area contributed by atoms with Crippen LogP contribution in [0.5, 0.6) is 0 Å². The first-order valence-electron chi connectivity index (χ1n) is 5.27. The predicted molar refractivity (Wildman–Crippen MR) is 47.2 cm³/mol. The Morgan fingerprint density at radius 1 is 1.31 bits per heavy atom. The molecule has 0 spiro atoms. The monoisotopic (exact) mass is 181 g/mol. The summed E-state index contributed by atoms with van der Waals surface area (Å²) in [5, 5.41) is 2.74. The van der Waals surface area contributed by atoms with Crippen LogP contribution in [0.4, 0.5) is 4.79 Å². The lowest BCUT2D eigenvalue weighted by atomic mass is 9.85. The molecule has 2 bridgehead atoms. The second-order valence-electron chi connectivity index (χ2n) is 4.66. The van der Waals surface area contributed by atoms with Crippen LogP contribution in [0.3, 0.4) is 0 Å². The highest BCUT2D eigenvalue weighted by atomic mass is 16.6. The van der Waals surface area contributed by atoms with E-state index < -0.39 is 0 Å². The Labute approximate surface area is 77.8 Å². The van der Waals surface area contributed by atoms with E-state index in [0.717, 1.165) is 18.4 Å². The molecule has 4 unspecified atom stereocenters. The summed E-state index contributed by atoms with van der Waals surface area (Å²) in [5.74, 6) is 2.45. The van der Waals surface area contributed by atoms with Gasteiger partial charge in [-0.3, -0.25) is 0 Å². The van der Waals surface area contributed by atoms with Crippen molar-refractivity contribution in [2.45, 2.75) is 31.8 Å². The van der Waals surface area contributed by atoms with E-state index in [1.165, 1.54) is 25.7 Å². The second kappa shape index (κ2) is 2.63. The Morgan fingerprint density at radius 3 is 2.77 bits per heavy atom. The van der Waals surface area contributed by atoms with E-state index >= 15 is 0 Å². The molecule has 1 amide bonds. The van der Waals surface area contributed by atoms with Crippen molar-refractivity contribution in [2.75, 3.05) is 6.54 Å². The van der Waals surface area contributed by atoms with Crippen LogP contribution in [0.2, 0.25) is 0 Å². The Kier molecular flexibility index (Phi) is 1.55. The molecule has 0 radical (unpaired) electrons. The van der Waals surface area contributed by atoms with Crippen LogP contribution in [0, 0.1) is 17.8 Å². The third kappa shape index (κ3) is 1.13. The molecule has 0 aromatic carbocycles. The maximum absolute atomic E-state index is 10.9. The lowest BCUT2D eigenvalue weighted by molar-refractivity contribution is 0.0813. The number of fused-ring (bicyclic) bond motifs is 2. The molecule has 1 N–H and O–H groups in total. The minimum atomic E-state index is -0.215. The van der Waals surface area contributed by atoms with Crippen molar-refractivity contribution in [3.05, 3.63) is 0 Å². The van der Waals surface area contributed by atoms with Crippen LogP contribution in [-0.2, 0) is 4.74 Å². The van der Waals surface area contributed by atoms with Crippen molar-refractivity contribution in [3.8, 4) is 0 Å². The number of alkyl carbamates (subject to hydrolysis) is 1. The number of rotatable bonds is 1. The van der Waals surface area contributed by atoms with Gasteiger partial charge in [-0.25, -0.2) is 4.79 Å². The summed E-state index contributed by atoms with van der Waals surface area (Å²) < 4.78 is 5.25. The zero-order valence-electron chi connectivity index (χ0n) is 7.66. The molecule has 1 heterocycles. The van der Waals surface area contributed by atoms with Crippen molar-refractivity contribution >= 4 is 6.09 Å². The third-order valence-corrected chi connectivity index (χ3v) is 3.98. The van der Waals surface area contributed by atoms with E-state index in [2.05, 4.69) is 5.32 Å². The average Bonchev–Trinajstić information content (AvgIpc) is 2.77. The summed E-state index contributed by atoms with van der Waals surface area (Å²) in [5.41, 5.74) is 0. The number of carbonyl (C=O) groups is 1. The van der Waals surface area contributed by atoms with Crippen LogP contribution in [0.15, 0.2) is 0 Å². The molecular weight excluding hydrogens is 166 g/mol. The maximum Gasteiger partial charge on any atom is 0.407 e. The quantitative estimate of drug-likeness (QED) is 0.666. The van der Waals surface area contributed by atoms with Gasteiger partial charge >= 0.3 is 6.09 Å². The van der Waals surface area contributed by atoms with Gasteiger partial charge in [-0.1, -0.05) is 6.42 Å². The topological polar surface area (TPSA) is 38.3 Å². The molecule has 0 aromatic rings. The molecule has 3 heteroatoms. The largest absolute Gasteiger partial charge is 0.444 e. The summed E-state index contributed by atoms with van der Waals surface area (Å²) >= 11 is 0. The minimum absolute atomic E-state index is 0.183. The molecule has 3 nitrogen and oxygen atoms in total. The first kappa shape index (κ1) is 7.65. The third-order valence-electron chi connectivity index (χ3n) is 3.98. The normalized spacial score (nSPS) is 47.8. The van der Waals surface area contributed by atoms with Crippen LogP contribution < -0.4 is 5.32 Å². The number of nitrogens with one attached hydrogen (secondary N) is 1. The molecule has 2 aliphatic carbocycles. The molecule has 1 aliphatic heterocycles. The van der Waals surface area contributed by atoms with E-state index in [0.29, 0.717) is 5.92 Å². The first-order chi connectivity index (χ1) is 6.33. The Bertz CT molecular complexity index is 241.